The Morgan fingerprint density at radius 3 is 2.71 bits per heavy atom. The molecule has 0 atom stereocenters. The van der Waals surface area contributed by atoms with Crippen molar-refractivity contribution in [2.24, 2.45) is 0 Å². The number of benzene rings is 2. The summed E-state index contributed by atoms with van der Waals surface area (Å²) >= 11 is 0. The minimum absolute atomic E-state index is 0.189. The number of carbonyl (C=O) groups is 1. The van der Waals surface area contributed by atoms with Crippen molar-refractivity contribution in [3.8, 4) is 5.75 Å². The van der Waals surface area contributed by atoms with E-state index in [1.807, 2.05) is 36.4 Å². The summed E-state index contributed by atoms with van der Waals surface area (Å²) in [6, 6.07) is 14.5. The van der Waals surface area contributed by atoms with E-state index in [9.17, 15) is 9.90 Å². The zero-order chi connectivity index (χ0) is 14.7. The first-order chi connectivity index (χ1) is 10.2. The molecule has 0 spiro atoms. The van der Waals surface area contributed by atoms with Crippen molar-refractivity contribution in [3.05, 3.63) is 59.8 Å². The molecule has 5 nitrogen and oxygen atoms in total. The maximum Gasteiger partial charge on any atom is 0.272 e. The van der Waals surface area contributed by atoms with Crippen molar-refractivity contribution >= 4 is 16.8 Å². The smallest absolute Gasteiger partial charge is 0.272 e. The van der Waals surface area contributed by atoms with Gasteiger partial charge in [0.2, 0.25) is 0 Å². The third-order valence-corrected chi connectivity index (χ3v) is 3.32. The van der Waals surface area contributed by atoms with Crippen LogP contribution in [0, 0.1) is 0 Å². The fourth-order valence-electron chi connectivity index (χ4n) is 2.20. The van der Waals surface area contributed by atoms with Gasteiger partial charge in [0.25, 0.3) is 5.91 Å². The summed E-state index contributed by atoms with van der Waals surface area (Å²) in [4.78, 5) is 12.1. The number of aromatic hydroxyl groups is 1. The van der Waals surface area contributed by atoms with Crippen LogP contribution >= 0.6 is 0 Å². The van der Waals surface area contributed by atoms with Crippen LogP contribution in [-0.2, 0) is 6.42 Å². The molecule has 5 heteroatoms. The molecule has 0 aliphatic heterocycles. The van der Waals surface area contributed by atoms with Crippen LogP contribution in [0.2, 0.25) is 0 Å². The Morgan fingerprint density at radius 2 is 1.90 bits per heavy atom. The lowest BCUT2D eigenvalue weighted by atomic mass is 10.1. The van der Waals surface area contributed by atoms with Crippen LogP contribution in [-0.4, -0.2) is 27.8 Å². The average Bonchev–Trinajstić information content (AvgIpc) is 2.93. The second kappa shape index (κ2) is 5.66. The van der Waals surface area contributed by atoms with Crippen molar-refractivity contribution in [2.45, 2.75) is 6.42 Å². The Bertz CT molecular complexity index is 763. The summed E-state index contributed by atoms with van der Waals surface area (Å²) in [6.45, 7) is 0.519. The average molecular weight is 281 g/mol. The van der Waals surface area contributed by atoms with E-state index in [0.717, 1.165) is 16.5 Å². The molecule has 0 unspecified atom stereocenters. The van der Waals surface area contributed by atoms with Crippen LogP contribution in [0.1, 0.15) is 16.1 Å². The van der Waals surface area contributed by atoms with Crippen molar-refractivity contribution in [3.63, 3.8) is 0 Å². The highest BCUT2D eigenvalue weighted by Crippen LogP contribution is 2.15. The number of carbonyl (C=O) groups excluding carboxylic acids is 1. The fraction of sp³-hybridized carbons (Fsp3) is 0.125. The van der Waals surface area contributed by atoms with Crippen molar-refractivity contribution in [1.29, 1.82) is 0 Å². The molecule has 2 aromatic carbocycles. The van der Waals surface area contributed by atoms with Crippen molar-refractivity contribution in [1.82, 2.24) is 15.5 Å². The molecular weight excluding hydrogens is 266 g/mol. The molecule has 1 aromatic heterocycles. The number of hydrogen-bond donors (Lipinski definition) is 3. The molecule has 0 aliphatic carbocycles. The summed E-state index contributed by atoms with van der Waals surface area (Å²) in [7, 11) is 0. The van der Waals surface area contributed by atoms with Gasteiger partial charge in [-0.15, -0.1) is 0 Å². The second-order valence-corrected chi connectivity index (χ2v) is 4.79. The molecule has 0 radical (unpaired) electrons. The molecule has 0 bridgehead atoms. The summed E-state index contributed by atoms with van der Waals surface area (Å²) in [5, 5.41) is 19.8. The summed E-state index contributed by atoms with van der Waals surface area (Å²) in [6.07, 6.45) is 0.703. The molecule has 1 amide bonds. The van der Waals surface area contributed by atoms with Gasteiger partial charge >= 0.3 is 0 Å². The zero-order valence-corrected chi connectivity index (χ0v) is 11.3. The van der Waals surface area contributed by atoms with Gasteiger partial charge in [-0.2, -0.15) is 5.10 Å². The summed E-state index contributed by atoms with van der Waals surface area (Å²) in [5.74, 6) is 0.0528. The van der Waals surface area contributed by atoms with Crippen molar-refractivity contribution < 1.29 is 9.90 Å². The minimum Gasteiger partial charge on any atom is -0.508 e. The molecule has 0 saturated heterocycles. The fourth-order valence-corrected chi connectivity index (χ4v) is 2.20. The van der Waals surface area contributed by atoms with Gasteiger partial charge in [-0.25, -0.2) is 0 Å². The topological polar surface area (TPSA) is 78.0 Å². The van der Waals surface area contributed by atoms with Gasteiger partial charge in [-0.05, 0) is 30.2 Å². The number of fused-ring (bicyclic) bond motifs is 1. The van der Waals surface area contributed by atoms with Crippen molar-refractivity contribution in [2.75, 3.05) is 6.54 Å². The number of amides is 1. The molecule has 1 heterocycles. The highest BCUT2D eigenvalue weighted by Gasteiger charge is 2.12. The molecule has 0 aliphatic rings. The van der Waals surface area contributed by atoms with E-state index in [1.165, 1.54) is 0 Å². The Balaban J connectivity index is 1.63. The quantitative estimate of drug-likeness (QED) is 0.686. The lowest BCUT2D eigenvalue weighted by Gasteiger charge is -2.04. The highest BCUT2D eigenvalue weighted by molar-refractivity contribution is 6.04. The maximum atomic E-state index is 12.1. The van der Waals surface area contributed by atoms with E-state index >= 15 is 0 Å². The normalized spacial score (nSPS) is 10.7. The number of nitrogens with zero attached hydrogens (tertiary/aromatic N) is 1. The van der Waals surface area contributed by atoms with E-state index in [-0.39, 0.29) is 11.7 Å². The van der Waals surface area contributed by atoms with E-state index in [0.29, 0.717) is 18.7 Å². The number of rotatable bonds is 4. The Labute approximate surface area is 121 Å². The van der Waals surface area contributed by atoms with Gasteiger partial charge in [0.1, 0.15) is 5.75 Å². The van der Waals surface area contributed by atoms with Gasteiger partial charge in [0, 0.05) is 11.9 Å². The number of phenols is 1. The number of nitrogens with one attached hydrogen (secondary N) is 2. The van der Waals surface area contributed by atoms with Crippen LogP contribution < -0.4 is 5.32 Å². The molecule has 106 valence electrons. The Hall–Kier alpha value is -2.82. The molecule has 21 heavy (non-hydrogen) atoms. The largest absolute Gasteiger partial charge is 0.508 e. The number of aromatic nitrogens is 2. The number of aromatic amines is 1. The third-order valence-electron chi connectivity index (χ3n) is 3.32. The van der Waals surface area contributed by atoms with Gasteiger partial charge < -0.3 is 10.4 Å². The third kappa shape index (κ3) is 2.86. The SMILES string of the molecule is O=C(NCCc1ccc(O)cc1)c1n[nH]c2ccccc12. The van der Waals surface area contributed by atoms with E-state index in [1.54, 1.807) is 12.1 Å². The number of hydrogen-bond acceptors (Lipinski definition) is 3. The zero-order valence-electron chi connectivity index (χ0n) is 11.3. The van der Waals surface area contributed by atoms with E-state index < -0.39 is 0 Å². The summed E-state index contributed by atoms with van der Waals surface area (Å²) < 4.78 is 0. The van der Waals surface area contributed by atoms with Crippen LogP contribution in [0.4, 0.5) is 0 Å². The van der Waals surface area contributed by atoms with Crippen LogP contribution in [0.5, 0.6) is 5.75 Å². The number of para-hydroxylation sites is 1. The molecular formula is C16H15N3O2. The van der Waals surface area contributed by atoms with Gasteiger partial charge in [0.15, 0.2) is 5.69 Å². The Morgan fingerprint density at radius 1 is 1.14 bits per heavy atom. The maximum absolute atomic E-state index is 12.1. The second-order valence-electron chi connectivity index (χ2n) is 4.79. The van der Waals surface area contributed by atoms with Crippen LogP contribution in [0.25, 0.3) is 10.9 Å². The molecule has 3 aromatic rings. The van der Waals surface area contributed by atoms with E-state index in [2.05, 4.69) is 15.5 Å². The first-order valence-corrected chi connectivity index (χ1v) is 6.73. The van der Waals surface area contributed by atoms with Gasteiger partial charge in [-0.3, -0.25) is 9.89 Å². The monoisotopic (exact) mass is 281 g/mol. The van der Waals surface area contributed by atoms with Gasteiger partial charge in [0.05, 0.1) is 5.52 Å². The predicted octanol–water partition coefficient (Wildman–Crippen LogP) is 2.24. The highest BCUT2D eigenvalue weighted by atomic mass is 16.3. The number of phenolic OH excluding ortho intramolecular Hbond substituents is 1. The summed E-state index contributed by atoms with van der Waals surface area (Å²) in [5.41, 5.74) is 2.32. The lowest BCUT2D eigenvalue weighted by molar-refractivity contribution is 0.0950. The Kier molecular flexibility index (Phi) is 3.55. The van der Waals surface area contributed by atoms with Crippen LogP contribution in [0.15, 0.2) is 48.5 Å². The molecule has 3 rings (SSSR count). The molecule has 3 N–H and O–H groups in total. The number of H-pyrrole nitrogens is 1. The minimum atomic E-state index is -0.189. The van der Waals surface area contributed by atoms with E-state index in [4.69, 9.17) is 0 Å². The first-order valence-electron chi connectivity index (χ1n) is 6.73. The molecule has 0 fully saturated rings. The first kappa shape index (κ1) is 13.2. The van der Waals surface area contributed by atoms with Crippen LogP contribution in [0.3, 0.4) is 0 Å². The lowest BCUT2D eigenvalue weighted by Crippen LogP contribution is -2.26. The standard InChI is InChI=1S/C16H15N3O2/c20-12-7-5-11(6-8-12)9-10-17-16(21)15-13-3-1-2-4-14(13)18-19-15/h1-8,20H,9-10H2,(H,17,21)(H,18,19). The molecule has 0 saturated carbocycles. The predicted molar refractivity (Wildman–Crippen MR) is 80.2 cm³/mol. The van der Waals surface area contributed by atoms with Gasteiger partial charge in [-0.1, -0.05) is 30.3 Å².